The van der Waals surface area contributed by atoms with E-state index < -0.39 is 23.5 Å². The van der Waals surface area contributed by atoms with Crippen LogP contribution in [0.25, 0.3) is 5.82 Å². The van der Waals surface area contributed by atoms with Gasteiger partial charge in [0.05, 0.1) is 10.6 Å². The molecule has 0 unspecified atom stereocenters. The van der Waals surface area contributed by atoms with Gasteiger partial charge in [0, 0.05) is 24.2 Å². The highest BCUT2D eigenvalue weighted by molar-refractivity contribution is 7.17. The Bertz CT molecular complexity index is 1200. The fourth-order valence-corrected chi connectivity index (χ4v) is 5.05. The summed E-state index contributed by atoms with van der Waals surface area (Å²) in [7, 11) is 1.48. The molecule has 7 nitrogen and oxygen atoms in total. The molecule has 3 aromatic rings. The Labute approximate surface area is 189 Å². The number of rotatable bonds is 4. The molecular weight excluding hydrogens is 467 g/mol. The molecule has 168 valence electrons. The van der Waals surface area contributed by atoms with E-state index in [0.717, 1.165) is 34.4 Å². The second-order valence-electron chi connectivity index (χ2n) is 7.08. The molecule has 0 saturated carbocycles. The van der Waals surface area contributed by atoms with Gasteiger partial charge in [-0.1, -0.05) is 11.6 Å². The third-order valence-corrected chi connectivity index (χ3v) is 6.53. The number of hydrogen-bond acceptors (Lipinski definition) is 5. The number of amides is 2. The number of hydrogen-bond donors (Lipinski definition) is 2. The maximum atomic E-state index is 13.3. The van der Waals surface area contributed by atoms with Crippen molar-refractivity contribution in [3.05, 3.63) is 56.8 Å². The second kappa shape index (κ2) is 8.55. The number of nitrogens with zero attached hydrogens (tertiary/aromatic N) is 3. The van der Waals surface area contributed by atoms with Crippen LogP contribution in [0.15, 0.2) is 24.4 Å². The van der Waals surface area contributed by atoms with Gasteiger partial charge in [0.25, 0.3) is 11.8 Å². The quantitative estimate of drug-likeness (QED) is 0.572. The molecule has 4 rings (SSSR count). The summed E-state index contributed by atoms with van der Waals surface area (Å²) in [6, 6.07) is 3.57. The van der Waals surface area contributed by atoms with Crippen LogP contribution in [-0.2, 0) is 19.0 Å². The van der Waals surface area contributed by atoms with Gasteiger partial charge in [0.2, 0.25) is 0 Å². The normalized spacial score (nSPS) is 13.5. The molecule has 1 aliphatic carbocycles. The van der Waals surface area contributed by atoms with Gasteiger partial charge in [-0.15, -0.1) is 11.3 Å². The van der Waals surface area contributed by atoms with Gasteiger partial charge in [-0.25, -0.2) is 9.67 Å². The maximum absolute atomic E-state index is 13.3. The Kier molecular flexibility index (Phi) is 5.95. The third-order valence-electron chi connectivity index (χ3n) is 5.02. The molecule has 0 aliphatic heterocycles. The lowest BCUT2D eigenvalue weighted by atomic mass is 9.95. The zero-order valence-corrected chi connectivity index (χ0v) is 18.3. The van der Waals surface area contributed by atoms with Crippen molar-refractivity contribution in [2.24, 2.45) is 0 Å². The number of carbonyl (C=O) groups excluding carboxylic acids is 2. The van der Waals surface area contributed by atoms with E-state index in [2.05, 4.69) is 20.7 Å². The predicted octanol–water partition coefficient (Wildman–Crippen LogP) is 4.49. The van der Waals surface area contributed by atoms with Crippen molar-refractivity contribution in [1.82, 2.24) is 20.1 Å². The summed E-state index contributed by atoms with van der Waals surface area (Å²) in [5.41, 5.74) is -0.458. The first kappa shape index (κ1) is 22.3. The summed E-state index contributed by atoms with van der Waals surface area (Å²) in [6.07, 6.45) is -0.0929. The molecule has 0 bridgehead atoms. The maximum Gasteiger partial charge on any atom is 0.435 e. The van der Waals surface area contributed by atoms with Crippen molar-refractivity contribution in [1.29, 1.82) is 0 Å². The number of halogens is 4. The highest BCUT2D eigenvalue weighted by Crippen LogP contribution is 2.38. The average Bonchev–Trinajstić information content (AvgIpc) is 3.35. The van der Waals surface area contributed by atoms with Crippen LogP contribution in [0.2, 0.25) is 5.02 Å². The molecule has 32 heavy (non-hydrogen) atoms. The SMILES string of the molecule is CNC(=O)c1c(NC(=O)c2cc(C(F)(F)F)nn2-c2ncccc2Cl)sc2c1CCCC2. The monoisotopic (exact) mass is 483 g/mol. The fraction of sp³-hybridized carbons (Fsp3) is 0.300. The number of aryl methyl sites for hydroxylation is 1. The predicted molar refractivity (Wildman–Crippen MR) is 114 cm³/mol. The zero-order valence-electron chi connectivity index (χ0n) is 16.7. The summed E-state index contributed by atoms with van der Waals surface area (Å²) in [6.45, 7) is 0. The van der Waals surface area contributed by atoms with E-state index in [4.69, 9.17) is 11.6 Å². The van der Waals surface area contributed by atoms with E-state index >= 15 is 0 Å². The van der Waals surface area contributed by atoms with Crippen LogP contribution >= 0.6 is 22.9 Å². The number of thiophene rings is 1. The molecular formula is C20H17ClF3N5O2S. The Morgan fingerprint density at radius 1 is 1.22 bits per heavy atom. The molecule has 3 aromatic heterocycles. The van der Waals surface area contributed by atoms with Gasteiger partial charge in [0.15, 0.2) is 11.5 Å². The van der Waals surface area contributed by atoms with Gasteiger partial charge in [-0.2, -0.15) is 18.3 Å². The highest BCUT2D eigenvalue weighted by Gasteiger charge is 2.37. The van der Waals surface area contributed by atoms with Crippen LogP contribution in [-0.4, -0.2) is 33.6 Å². The molecule has 3 heterocycles. The summed E-state index contributed by atoms with van der Waals surface area (Å²) >= 11 is 7.35. The molecule has 0 fully saturated rings. The van der Waals surface area contributed by atoms with Gasteiger partial charge < -0.3 is 10.6 Å². The number of aromatic nitrogens is 3. The summed E-state index contributed by atoms with van der Waals surface area (Å²) < 4.78 is 40.8. The van der Waals surface area contributed by atoms with Gasteiger partial charge in [0.1, 0.15) is 10.7 Å². The fourth-order valence-electron chi connectivity index (χ4n) is 3.56. The highest BCUT2D eigenvalue weighted by atomic mass is 35.5. The Hall–Kier alpha value is -2.92. The van der Waals surface area contributed by atoms with Crippen molar-refractivity contribution in [3.8, 4) is 5.82 Å². The van der Waals surface area contributed by atoms with E-state index in [9.17, 15) is 22.8 Å². The molecule has 2 amide bonds. The first-order valence-corrected chi connectivity index (χ1v) is 10.9. The van der Waals surface area contributed by atoms with Gasteiger partial charge in [-0.3, -0.25) is 9.59 Å². The van der Waals surface area contributed by atoms with E-state index in [0.29, 0.717) is 18.1 Å². The minimum Gasteiger partial charge on any atom is -0.355 e. The number of pyridine rings is 1. The molecule has 12 heteroatoms. The number of alkyl halides is 3. The average molecular weight is 484 g/mol. The standard InChI is InChI=1S/C20H17ClF3N5O2S/c1-25-18(31)15-10-5-2-3-7-13(10)32-19(15)27-17(30)12-9-14(20(22,23)24)28-29(12)16-11(21)6-4-8-26-16/h4,6,8-9H,2-3,5,7H2,1H3,(H,25,31)(H,27,30). The van der Waals surface area contributed by atoms with Crippen molar-refractivity contribution < 1.29 is 22.8 Å². The first-order chi connectivity index (χ1) is 15.2. The van der Waals surface area contributed by atoms with Crippen molar-refractivity contribution in [2.45, 2.75) is 31.9 Å². The van der Waals surface area contributed by atoms with Crippen LogP contribution < -0.4 is 10.6 Å². The molecule has 0 aromatic carbocycles. The lowest BCUT2D eigenvalue weighted by Gasteiger charge is -2.12. The molecule has 0 saturated heterocycles. The smallest absolute Gasteiger partial charge is 0.355 e. The van der Waals surface area contributed by atoms with Crippen molar-refractivity contribution in [2.75, 3.05) is 12.4 Å². The minimum atomic E-state index is -4.78. The molecule has 2 N–H and O–H groups in total. The number of fused-ring (bicyclic) bond motifs is 1. The van der Waals surface area contributed by atoms with Gasteiger partial charge in [-0.05, 0) is 43.4 Å². The molecule has 0 atom stereocenters. The summed E-state index contributed by atoms with van der Waals surface area (Å²) in [5.74, 6) is -1.35. The lowest BCUT2D eigenvalue weighted by molar-refractivity contribution is -0.141. The van der Waals surface area contributed by atoms with E-state index in [1.165, 1.54) is 36.7 Å². The van der Waals surface area contributed by atoms with Crippen molar-refractivity contribution in [3.63, 3.8) is 0 Å². The Morgan fingerprint density at radius 3 is 2.66 bits per heavy atom. The second-order valence-corrected chi connectivity index (χ2v) is 8.59. The third kappa shape index (κ3) is 4.09. The van der Waals surface area contributed by atoms with E-state index in [1.807, 2.05) is 0 Å². The minimum absolute atomic E-state index is 0.0241. The Morgan fingerprint density at radius 2 is 1.97 bits per heavy atom. The van der Waals surface area contributed by atoms with E-state index in [1.54, 1.807) is 0 Å². The van der Waals surface area contributed by atoms with Crippen molar-refractivity contribution >= 4 is 39.8 Å². The summed E-state index contributed by atoms with van der Waals surface area (Å²) in [5, 5.41) is 9.01. The molecule has 0 spiro atoms. The topological polar surface area (TPSA) is 88.9 Å². The molecule has 0 radical (unpaired) electrons. The van der Waals surface area contributed by atoms with Crippen LogP contribution in [0, 0.1) is 0 Å². The van der Waals surface area contributed by atoms with Crippen LogP contribution in [0.4, 0.5) is 18.2 Å². The first-order valence-electron chi connectivity index (χ1n) is 9.66. The zero-order chi connectivity index (χ0) is 23.0. The van der Waals surface area contributed by atoms with Crippen LogP contribution in [0.5, 0.6) is 0 Å². The van der Waals surface area contributed by atoms with E-state index in [-0.39, 0.29) is 21.7 Å². The molecule has 1 aliphatic rings. The van der Waals surface area contributed by atoms with Gasteiger partial charge >= 0.3 is 6.18 Å². The lowest BCUT2D eigenvalue weighted by Crippen LogP contribution is -2.23. The van der Waals surface area contributed by atoms with Crippen LogP contribution in [0.3, 0.4) is 0 Å². The largest absolute Gasteiger partial charge is 0.435 e. The Balaban J connectivity index is 1.78. The summed E-state index contributed by atoms with van der Waals surface area (Å²) in [4.78, 5) is 30.6. The number of carbonyl (C=O) groups is 2. The number of nitrogens with one attached hydrogen (secondary N) is 2. The van der Waals surface area contributed by atoms with Crippen LogP contribution in [0.1, 0.15) is 49.8 Å². The number of anilines is 1.